The topological polar surface area (TPSA) is 65.8 Å². The van der Waals surface area contributed by atoms with Crippen LogP contribution in [0.1, 0.15) is 41.9 Å². The summed E-state index contributed by atoms with van der Waals surface area (Å²) in [7, 11) is 3.81. The van der Waals surface area contributed by atoms with E-state index in [1.54, 1.807) is 0 Å². The van der Waals surface area contributed by atoms with Gasteiger partial charge in [-0.2, -0.15) is 5.10 Å². The first-order chi connectivity index (χ1) is 14.1. The normalized spacial score (nSPS) is 20.0. The van der Waals surface area contributed by atoms with Crippen molar-refractivity contribution < 1.29 is 4.79 Å². The SMILES string of the molecule is CN=C(NCc1ccc(CN2CCCC2=O)cc1)N1CCC(c2cnn(C)c2)C1. The smallest absolute Gasteiger partial charge is 0.222 e. The number of nitrogens with zero attached hydrogens (tertiary/aromatic N) is 5. The molecule has 1 atom stereocenters. The summed E-state index contributed by atoms with van der Waals surface area (Å²) in [6, 6.07) is 8.52. The van der Waals surface area contributed by atoms with E-state index in [9.17, 15) is 4.79 Å². The Hall–Kier alpha value is -2.83. The fourth-order valence-corrected chi connectivity index (χ4v) is 4.24. The van der Waals surface area contributed by atoms with Gasteiger partial charge in [-0.15, -0.1) is 0 Å². The molecule has 2 saturated heterocycles. The molecule has 0 bridgehead atoms. The molecule has 0 saturated carbocycles. The Morgan fingerprint density at radius 3 is 2.69 bits per heavy atom. The van der Waals surface area contributed by atoms with Crippen LogP contribution in [0, 0.1) is 0 Å². The van der Waals surface area contributed by atoms with Crippen LogP contribution in [-0.2, 0) is 24.9 Å². The van der Waals surface area contributed by atoms with E-state index in [2.05, 4.69) is 50.8 Å². The van der Waals surface area contributed by atoms with Crippen molar-refractivity contribution in [3.63, 3.8) is 0 Å². The minimum absolute atomic E-state index is 0.273. The van der Waals surface area contributed by atoms with Gasteiger partial charge < -0.3 is 15.1 Å². The number of aliphatic imine (C=N–C) groups is 1. The van der Waals surface area contributed by atoms with Crippen molar-refractivity contribution >= 4 is 11.9 Å². The number of amides is 1. The van der Waals surface area contributed by atoms with E-state index in [4.69, 9.17) is 0 Å². The van der Waals surface area contributed by atoms with Crippen LogP contribution in [0.5, 0.6) is 0 Å². The number of benzene rings is 1. The zero-order valence-corrected chi connectivity index (χ0v) is 17.3. The molecule has 7 heteroatoms. The van der Waals surface area contributed by atoms with E-state index < -0.39 is 0 Å². The number of hydrogen-bond acceptors (Lipinski definition) is 3. The van der Waals surface area contributed by atoms with Crippen LogP contribution in [0.25, 0.3) is 0 Å². The highest BCUT2D eigenvalue weighted by Crippen LogP contribution is 2.26. The second-order valence-corrected chi connectivity index (χ2v) is 8.02. The van der Waals surface area contributed by atoms with Crippen LogP contribution in [0.4, 0.5) is 0 Å². The molecule has 2 fully saturated rings. The molecule has 0 aliphatic carbocycles. The van der Waals surface area contributed by atoms with Crippen molar-refractivity contribution in [2.45, 2.75) is 38.3 Å². The molecule has 2 aromatic rings. The van der Waals surface area contributed by atoms with E-state index in [-0.39, 0.29) is 5.91 Å². The van der Waals surface area contributed by atoms with Crippen molar-refractivity contribution in [2.75, 3.05) is 26.7 Å². The molecule has 2 aliphatic rings. The number of likely N-dealkylation sites (tertiary alicyclic amines) is 2. The molecule has 3 heterocycles. The largest absolute Gasteiger partial charge is 0.352 e. The Labute approximate surface area is 172 Å². The Bertz CT molecular complexity index is 872. The summed E-state index contributed by atoms with van der Waals surface area (Å²) in [5, 5.41) is 7.80. The van der Waals surface area contributed by atoms with Gasteiger partial charge >= 0.3 is 0 Å². The predicted molar refractivity (Wildman–Crippen MR) is 113 cm³/mol. The molecule has 1 aromatic heterocycles. The fourth-order valence-electron chi connectivity index (χ4n) is 4.24. The maximum atomic E-state index is 11.8. The first-order valence-corrected chi connectivity index (χ1v) is 10.4. The summed E-state index contributed by atoms with van der Waals surface area (Å²) in [4.78, 5) is 20.5. The minimum atomic E-state index is 0.273. The Kier molecular flexibility index (Phi) is 5.83. The lowest BCUT2D eigenvalue weighted by molar-refractivity contribution is -0.128. The monoisotopic (exact) mass is 394 g/mol. The van der Waals surface area contributed by atoms with Crippen molar-refractivity contribution in [2.24, 2.45) is 12.0 Å². The van der Waals surface area contributed by atoms with Crippen molar-refractivity contribution in [1.82, 2.24) is 24.9 Å². The van der Waals surface area contributed by atoms with Crippen LogP contribution in [0.2, 0.25) is 0 Å². The summed E-state index contributed by atoms with van der Waals surface area (Å²) in [5.41, 5.74) is 3.70. The molecule has 1 N–H and O–H groups in total. The number of rotatable bonds is 5. The number of nitrogens with one attached hydrogen (secondary N) is 1. The summed E-state index contributed by atoms with van der Waals surface area (Å²) in [6.07, 6.45) is 6.89. The van der Waals surface area contributed by atoms with Gasteiger partial charge in [-0.3, -0.25) is 14.5 Å². The highest BCUT2D eigenvalue weighted by molar-refractivity contribution is 5.80. The Balaban J connectivity index is 1.29. The number of aryl methyl sites for hydroxylation is 1. The number of hydrogen-bond donors (Lipinski definition) is 1. The first-order valence-electron chi connectivity index (χ1n) is 10.4. The van der Waals surface area contributed by atoms with Gasteiger partial charge in [0, 0.05) is 65.4 Å². The van der Waals surface area contributed by atoms with E-state index in [0.717, 1.165) is 51.5 Å². The van der Waals surface area contributed by atoms with E-state index >= 15 is 0 Å². The van der Waals surface area contributed by atoms with Crippen LogP contribution in [0.3, 0.4) is 0 Å². The molecule has 0 radical (unpaired) electrons. The summed E-state index contributed by atoms with van der Waals surface area (Å²) in [6.45, 7) is 4.31. The average molecular weight is 395 g/mol. The van der Waals surface area contributed by atoms with E-state index in [1.807, 2.05) is 29.9 Å². The van der Waals surface area contributed by atoms with Crippen LogP contribution in [-0.4, -0.2) is 58.1 Å². The Morgan fingerprint density at radius 2 is 2.03 bits per heavy atom. The predicted octanol–water partition coefficient (Wildman–Crippen LogP) is 2.11. The first kappa shape index (κ1) is 19.5. The van der Waals surface area contributed by atoms with Gasteiger partial charge in [-0.1, -0.05) is 24.3 Å². The highest BCUT2D eigenvalue weighted by atomic mass is 16.2. The summed E-state index contributed by atoms with van der Waals surface area (Å²) < 4.78 is 1.87. The third-order valence-electron chi connectivity index (χ3n) is 5.91. The average Bonchev–Trinajstić information content (AvgIpc) is 3.46. The molecule has 4 rings (SSSR count). The van der Waals surface area contributed by atoms with E-state index in [0.29, 0.717) is 12.3 Å². The van der Waals surface area contributed by atoms with E-state index in [1.165, 1.54) is 16.7 Å². The third-order valence-corrected chi connectivity index (χ3v) is 5.91. The second kappa shape index (κ2) is 8.68. The van der Waals surface area contributed by atoms with Gasteiger partial charge in [-0.05, 0) is 29.5 Å². The van der Waals surface area contributed by atoms with Gasteiger partial charge in [0.25, 0.3) is 0 Å². The minimum Gasteiger partial charge on any atom is -0.352 e. The van der Waals surface area contributed by atoms with Crippen molar-refractivity contribution in [3.8, 4) is 0 Å². The quantitative estimate of drug-likeness (QED) is 0.623. The summed E-state index contributed by atoms with van der Waals surface area (Å²) in [5.74, 6) is 1.73. The zero-order valence-electron chi connectivity index (χ0n) is 17.3. The molecule has 0 spiro atoms. The molecule has 1 amide bonds. The standard InChI is InChI=1S/C22H30N6O/c1-23-22(28-11-9-19(16-28)20-13-25-26(2)15-20)24-12-17-5-7-18(8-6-17)14-27-10-3-4-21(27)29/h5-8,13,15,19H,3-4,9-12,14,16H2,1-2H3,(H,23,24). The number of carbonyl (C=O) groups excluding carboxylic acids is 1. The van der Waals surface area contributed by atoms with Gasteiger partial charge in [0.05, 0.1) is 6.20 Å². The number of aromatic nitrogens is 2. The lowest BCUT2D eigenvalue weighted by Crippen LogP contribution is -2.39. The Morgan fingerprint density at radius 1 is 1.24 bits per heavy atom. The maximum absolute atomic E-state index is 11.8. The van der Waals surface area contributed by atoms with Crippen LogP contribution >= 0.6 is 0 Å². The molecule has 2 aliphatic heterocycles. The second-order valence-electron chi connectivity index (χ2n) is 8.02. The molecule has 1 aromatic carbocycles. The molecule has 29 heavy (non-hydrogen) atoms. The zero-order chi connectivity index (χ0) is 20.2. The lowest BCUT2D eigenvalue weighted by Gasteiger charge is -2.22. The number of carbonyl (C=O) groups is 1. The fraction of sp³-hybridized carbons (Fsp3) is 0.500. The van der Waals surface area contributed by atoms with Crippen molar-refractivity contribution in [3.05, 3.63) is 53.3 Å². The van der Waals surface area contributed by atoms with Gasteiger partial charge in [0.1, 0.15) is 0 Å². The lowest BCUT2D eigenvalue weighted by atomic mass is 10.0. The molecule has 7 nitrogen and oxygen atoms in total. The van der Waals surface area contributed by atoms with Gasteiger partial charge in [-0.25, -0.2) is 0 Å². The molecule has 1 unspecified atom stereocenters. The third kappa shape index (κ3) is 4.60. The van der Waals surface area contributed by atoms with Crippen LogP contribution < -0.4 is 5.32 Å². The molecular weight excluding hydrogens is 364 g/mol. The van der Waals surface area contributed by atoms with Crippen molar-refractivity contribution in [1.29, 1.82) is 0 Å². The maximum Gasteiger partial charge on any atom is 0.222 e. The number of guanidine groups is 1. The van der Waals surface area contributed by atoms with Crippen LogP contribution in [0.15, 0.2) is 41.7 Å². The highest BCUT2D eigenvalue weighted by Gasteiger charge is 2.26. The molecule has 154 valence electrons. The van der Waals surface area contributed by atoms with Gasteiger partial charge in [0.15, 0.2) is 5.96 Å². The van der Waals surface area contributed by atoms with Gasteiger partial charge in [0.2, 0.25) is 5.91 Å². The molecular formula is C22H30N6O. The summed E-state index contributed by atoms with van der Waals surface area (Å²) >= 11 is 0.